The number of nitrogens with zero attached hydrogens (tertiary/aromatic N) is 2. The van der Waals surface area contributed by atoms with Crippen molar-refractivity contribution in [3.63, 3.8) is 0 Å². The Hall–Kier alpha value is -0.270. The van der Waals surface area contributed by atoms with E-state index in [1.165, 1.54) is 0 Å². The molecule has 0 saturated heterocycles. The molecule has 2 rings (SSSR count). The molecule has 1 heterocycles. The van der Waals surface area contributed by atoms with Crippen LogP contribution in [-0.4, -0.2) is 9.78 Å². The molecule has 6 heteroatoms. The molecule has 0 saturated carbocycles. The summed E-state index contributed by atoms with van der Waals surface area (Å²) in [6, 6.07) is 6.00. The van der Waals surface area contributed by atoms with Gasteiger partial charge in [-0.3, -0.25) is 4.68 Å². The molecular formula is C14H16BrClIN3. The molecule has 0 bridgehead atoms. The Labute approximate surface area is 146 Å². The SMILES string of the molecule is CCc1nn(CC)c(CNc2ccc(I)cc2Cl)c1Br. The molecule has 0 aliphatic carbocycles. The molecule has 0 fully saturated rings. The Kier molecular flexibility index (Phi) is 5.74. The fourth-order valence-corrected chi connectivity index (χ4v) is 3.63. The third-order valence-electron chi connectivity index (χ3n) is 3.07. The van der Waals surface area contributed by atoms with Gasteiger partial charge in [-0.15, -0.1) is 0 Å². The van der Waals surface area contributed by atoms with Crippen LogP contribution in [0.25, 0.3) is 0 Å². The highest BCUT2D eigenvalue weighted by Crippen LogP contribution is 2.27. The maximum atomic E-state index is 6.24. The fourth-order valence-electron chi connectivity index (χ4n) is 2.00. The number of halogens is 3. The van der Waals surface area contributed by atoms with Crippen LogP contribution in [0.5, 0.6) is 0 Å². The first-order valence-electron chi connectivity index (χ1n) is 6.49. The van der Waals surface area contributed by atoms with E-state index in [4.69, 9.17) is 11.6 Å². The van der Waals surface area contributed by atoms with Crippen LogP contribution in [0.1, 0.15) is 25.2 Å². The van der Waals surface area contributed by atoms with Gasteiger partial charge in [0.2, 0.25) is 0 Å². The smallest absolute Gasteiger partial charge is 0.0767 e. The van der Waals surface area contributed by atoms with Crippen LogP contribution in [0.4, 0.5) is 5.69 Å². The van der Waals surface area contributed by atoms with Crippen molar-refractivity contribution in [2.75, 3.05) is 5.32 Å². The van der Waals surface area contributed by atoms with Crippen LogP contribution in [0, 0.1) is 3.57 Å². The third-order valence-corrected chi connectivity index (χ3v) is 4.97. The molecule has 0 spiro atoms. The van der Waals surface area contributed by atoms with Crippen molar-refractivity contribution in [2.45, 2.75) is 33.4 Å². The van der Waals surface area contributed by atoms with E-state index in [1.807, 2.05) is 22.9 Å². The zero-order chi connectivity index (χ0) is 14.7. The van der Waals surface area contributed by atoms with Gasteiger partial charge in [-0.05, 0) is 70.1 Å². The zero-order valence-electron chi connectivity index (χ0n) is 11.4. The van der Waals surface area contributed by atoms with Gasteiger partial charge in [0.1, 0.15) is 0 Å². The molecule has 0 aliphatic rings. The van der Waals surface area contributed by atoms with Crippen LogP contribution >= 0.6 is 50.1 Å². The molecule has 1 aromatic carbocycles. The standard InChI is InChI=1S/C14H16BrClIN3/c1-3-11-14(15)13(20(4-2)19-11)8-18-12-6-5-9(17)7-10(12)16/h5-7,18H,3-4,8H2,1-2H3. The van der Waals surface area contributed by atoms with Crippen molar-refractivity contribution in [3.8, 4) is 0 Å². The van der Waals surface area contributed by atoms with Crippen LogP contribution in [0.15, 0.2) is 22.7 Å². The lowest BCUT2D eigenvalue weighted by molar-refractivity contribution is 0.619. The maximum Gasteiger partial charge on any atom is 0.0767 e. The van der Waals surface area contributed by atoms with E-state index in [0.29, 0.717) is 6.54 Å². The van der Waals surface area contributed by atoms with E-state index in [-0.39, 0.29) is 0 Å². The summed E-state index contributed by atoms with van der Waals surface area (Å²) in [6.07, 6.45) is 0.921. The largest absolute Gasteiger partial charge is 0.378 e. The van der Waals surface area contributed by atoms with Crippen LogP contribution < -0.4 is 5.32 Å². The molecular weight excluding hydrogens is 452 g/mol. The Morgan fingerprint density at radius 2 is 2.15 bits per heavy atom. The topological polar surface area (TPSA) is 29.9 Å². The van der Waals surface area contributed by atoms with Crippen molar-refractivity contribution in [2.24, 2.45) is 0 Å². The fraction of sp³-hybridized carbons (Fsp3) is 0.357. The summed E-state index contributed by atoms with van der Waals surface area (Å²) in [7, 11) is 0. The van der Waals surface area contributed by atoms with Gasteiger partial charge in [0, 0.05) is 10.1 Å². The highest BCUT2D eigenvalue weighted by Gasteiger charge is 2.13. The van der Waals surface area contributed by atoms with Crippen molar-refractivity contribution in [1.82, 2.24) is 9.78 Å². The predicted octanol–water partition coefficient (Wildman–Crippen LogP) is 5.10. The Morgan fingerprint density at radius 3 is 2.75 bits per heavy atom. The molecule has 1 aromatic heterocycles. The molecule has 3 nitrogen and oxygen atoms in total. The van der Waals surface area contributed by atoms with E-state index >= 15 is 0 Å². The quantitative estimate of drug-likeness (QED) is 0.619. The summed E-state index contributed by atoms with van der Waals surface area (Å²) in [6.45, 7) is 5.76. The maximum absolute atomic E-state index is 6.24. The first-order chi connectivity index (χ1) is 9.56. The minimum atomic E-state index is 0.696. The Morgan fingerprint density at radius 1 is 1.40 bits per heavy atom. The van der Waals surface area contributed by atoms with Gasteiger partial charge in [-0.25, -0.2) is 0 Å². The van der Waals surface area contributed by atoms with E-state index < -0.39 is 0 Å². The van der Waals surface area contributed by atoms with E-state index in [1.54, 1.807) is 0 Å². The third kappa shape index (κ3) is 3.49. The van der Waals surface area contributed by atoms with Gasteiger partial charge in [0.05, 0.1) is 33.1 Å². The summed E-state index contributed by atoms with van der Waals surface area (Å²) < 4.78 is 4.25. The number of hydrogen-bond donors (Lipinski definition) is 1. The first kappa shape index (κ1) is 16.1. The second kappa shape index (κ2) is 7.13. The molecule has 2 aromatic rings. The number of rotatable bonds is 5. The van der Waals surface area contributed by atoms with Gasteiger partial charge in [-0.1, -0.05) is 18.5 Å². The summed E-state index contributed by atoms with van der Waals surface area (Å²) in [5.74, 6) is 0. The van der Waals surface area contributed by atoms with Crippen molar-refractivity contribution >= 4 is 55.8 Å². The van der Waals surface area contributed by atoms with Gasteiger partial charge < -0.3 is 5.32 Å². The second-order valence-electron chi connectivity index (χ2n) is 4.35. The van der Waals surface area contributed by atoms with Gasteiger partial charge in [0.25, 0.3) is 0 Å². The molecule has 0 amide bonds. The highest BCUT2D eigenvalue weighted by molar-refractivity contribution is 14.1. The van der Waals surface area contributed by atoms with Gasteiger partial charge in [-0.2, -0.15) is 5.10 Å². The summed E-state index contributed by atoms with van der Waals surface area (Å²) in [5.41, 5.74) is 3.19. The number of hydrogen-bond acceptors (Lipinski definition) is 2. The van der Waals surface area contributed by atoms with Crippen molar-refractivity contribution < 1.29 is 0 Å². The molecule has 0 radical (unpaired) electrons. The first-order valence-corrected chi connectivity index (χ1v) is 8.74. The number of aryl methyl sites for hydroxylation is 2. The molecule has 1 N–H and O–H groups in total. The van der Waals surface area contributed by atoms with E-state index in [9.17, 15) is 0 Å². The minimum Gasteiger partial charge on any atom is -0.378 e. The normalized spacial score (nSPS) is 10.8. The second-order valence-corrected chi connectivity index (χ2v) is 6.80. The zero-order valence-corrected chi connectivity index (χ0v) is 15.9. The van der Waals surface area contributed by atoms with Crippen molar-refractivity contribution in [1.29, 1.82) is 0 Å². The highest BCUT2D eigenvalue weighted by atomic mass is 127. The average Bonchev–Trinajstić information content (AvgIpc) is 2.74. The summed E-state index contributed by atoms with van der Waals surface area (Å²) in [5, 5.41) is 8.72. The molecule has 0 atom stereocenters. The van der Waals surface area contributed by atoms with E-state index in [2.05, 4.69) is 62.8 Å². The lowest BCUT2D eigenvalue weighted by Crippen LogP contribution is -2.08. The monoisotopic (exact) mass is 467 g/mol. The number of anilines is 1. The number of benzene rings is 1. The van der Waals surface area contributed by atoms with Gasteiger partial charge >= 0.3 is 0 Å². The molecule has 20 heavy (non-hydrogen) atoms. The predicted molar refractivity (Wildman–Crippen MR) is 96.5 cm³/mol. The van der Waals surface area contributed by atoms with Crippen LogP contribution in [-0.2, 0) is 19.5 Å². The van der Waals surface area contributed by atoms with Crippen LogP contribution in [0.3, 0.4) is 0 Å². The van der Waals surface area contributed by atoms with Crippen LogP contribution in [0.2, 0.25) is 5.02 Å². The Balaban J connectivity index is 2.20. The lowest BCUT2D eigenvalue weighted by Gasteiger charge is -2.10. The average molecular weight is 469 g/mol. The minimum absolute atomic E-state index is 0.696. The van der Waals surface area contributed by atoms with E-state index in [0.717, 1.165) is 43.1 Å². The van der Waals surface area contributed by atoms with Crippen molar-refractivity contribution in [3.05, 3.63) is 42.7 Å². The molecule has 0 aliphatic heterocycles. The Bertz CT molecular complexity index is 613. The lowest BCUT2D eigenvalue weighted by atomic mass is 10.3. The summed E-state index contributed by atoms with van der Waals surface area (Å²) >= 11 is 12.1. The number of aromatic nitrogens is 2. The molecule has 108 valence electrons. The summed E-state index contributed by atoms with van der Waals surface area (Å²) in [4.78, 5) is 0. The van der Waals surface area contributed by atoms with Gasteiger partial charge in [0.15, 0.2) is 0 Å². The number of nitrogens with one attached hydrogen (secondary N) is 1. The molecule has 0 unspecified atom stereocenters.